The van der Waals surface area contributed by atoms with Crippen LogP contribution in [0.3, 0.4) is 0 Å². The van der Waals surface area contributed by atoms with Crippen molar-refractivity contribution in [3.8, 4) is 0 Å². The van der Waals surface area contributed by atoms with E-state index in [1.54, 1.807) is 29.2 Å². The lowest BCUT2D eigenvalue weighted by atomic mass is 10.1. The second-order valence-corrected chi connectivity index (χ2v) is 5.06. The number of benzene rings is 1. The number of amides is 2. The lowest BCUT2D eigenvalue weighted by molar-refractivity contribution is -0.131. The van der Waals surface area contributed by atoms with Crippen molar-refractivity contribution in [1.29, 1.82) is 0 Å². The summed E-state index contributed by atoms with van der Waals surface area (Å²) in [4.78, 5) is 36.4. The van der Waals surface area contributed by atoms with E-state index >= 15 is 0 Å². The number of nitrogens with one attached hydrogen (secondary N) is 1. The number of nitrogens with zero attached hydrogens (tertiary/aromatic N) is 1. The molecule has 2 rings (SSSR count). The molecule has 116 valence electrons. The Morgan fingerprint density at radius 1 is 1.05 bits per heavy atom. The molecule has 0 bridgehead atoms. The number of carboxylic acids is 1. The lowest BCUT2D eigenvalue weighted by Gasteiger charge is -2.27. The fourth-order valence-corrected chi connectivity index (χ4v) is 2.37. The van der Waals surface area contributed by atoms with Gasteiger partial charge in [0.15, 0.2) is 0 Å². The molecule has 0 atom stereocenters. The fraction of sp³-hybridized carbons (Fsp3) is 0.312. The van der Waals surface area contributed by atoms with Crippen LogP contribution in [0.15, 0.2) is 36.4 Å². The van der Waals surface area contributed by atoms with Crippen LogP contribution in [0.4, 0.5) is 5.69 Å². The highest BCUT2D eigenvalue weighted by Crippen LogP contribution is 2.20. The minimum Gasteiger partial charge on any atom is -0.478 e. The molecule has 0 aliphatic carbocycles. The molecule has 0 saturated carbocycles. The maximum Gasteiger partial charge on any atom is 0.328 e. The predicted octanol–water partition coefficient (Wildman–Crippen LogP) is 1.89. The van der Waals surface area contributed by atoms with Gasteiger partial charge in [0.2, 0.25) is 5.91 Å². The molecule has 0 aromatic heterocycles. The summed E-state index contributed by atoms with van der Waals surface area (Å²) in [6, 6.07) is 6.74. The molecule has 0 spiro atoms. The number of piperidine rings is 1. The Bertz CT molecular complexity index is 604. The van der Waals surface area contributed by atoms with E-state index in [0.717, 1.165) is 44.5 Å². The molecule has 22 heavy (non-hydrogen) atoms. The summed E-state index contributed by atoms with van der Waals surface area (Å²) in [6.45, 7) is 1.44. The normalized spacial score (nSPS) is 14.8. The Hall–Kier alpha value is -2.63. The Balaban J connectivity index is 2.14. The van der Waals surface area contributed by atoms with Gasteiger partial charge in [0.25, 0.3) is 5.91 Å². The lowest BCUT2D eigenvalue weighted by Crippen LogP contribution is -2.36. The van der Waals surface area contributed by atoms with Crippen LogP contribution in [0.2, 0.25) is 0 Å². The summed E-state index contributed by atoms with van der Waals surface area (Å²) < 4.78 is 0. The second-order valence-electron chi connectivity index (χ2n) is 5.06. The van der Waals surface area contributed by atoms with Crippen molar-refractivity contribution in [1.82, 2.24) is 4.90 Å². The van der Waals surface area contributed by atoms with E-state index < -0.39 is 11.9 Å². The number of carbonyl (C=O) groups excluding carboxylic acids is 2. The molecule has 1 aliphatic heterocycles. The van der Waals surface area contributed by atoms with Gasteiger partial charge in [0.1, 0.15) is 0 Å². The Morgan fingerprint density at radius 3 is 2.41 bits per heavy atom. The van der Waals surface area contributed by atoms with Crippen LogP contribution in [0.1, 0.15) is 29.6 Å². The Morgan fingerprint density at radius 2 is 1.73 bits per heavy atom. The number of carbonyl (C=O) groups is 3. The molecule has 0 unspecified atom stereocenters. The molecule has 1 aliphatic rings. The minimum absolute atomic E-state index is 0.113. The van der Waals surface area contributed by atoms with E-state index in [1.807, 2.05) is 0 Å². The predicted molar refractivity (Wildman–Crippen MR) is 81.6 cm³/mol. The molecular weight excluding hydrogens is 284 g/mol. The van der Waals surface area contributed by atoms with Crippen molar-refractivity contribution in [2.75, 3.05) is 18.4 Å². The van der Waals surface area contributed by atoms with Gasteiger partial charge in [0.05, 0.1) is 11.3 Å². The number of carboxylic acid groups (broad SMARTS) is 1. The highest BCUT2D eigenvalue weighted by atomic mass is 16.4. The van der Waals surface area contributed by atoms with Crippen LogP contribution >= 0.6 is 0 Å². The summed E-state index contributed by atoms with van der Waals surface area (Å²) in [5, 5.41) is 11.1. The maximum atomic E-state index is 12.5. The standard InChI is InChI=1S/C16H18N2O4/c19-14(8-9-15(20)21)17-13-7-3-2-6-12(13)16(22)18-10-4-1-5-11-18/h2-3,6-9H,1,4-5,10-11H2,(H,17,19)(H,20,21)/b9-8+. The first-order valence-corrected chi connectivity index (χ1v) is 7.18. The summed E-state index contributed by atoms with van der Waals surface area (Å²) in [7, 11) is 0. The second kappa shape index (κ2) is 7.40. The smallest absolute Gasteiger partial charge is 0.328 e. The number of anilines is 1. The topological polar surface area (TPSA) is 86.7 Å². The van der Waals surface area contributed by atoms with Gasteiger partial charge < -0.3 is 15.3 Å². The number of hydrogen-bond acceptors (Lipinski definition) is 3. The molecule has 0 radical (unpaired) electrons. The van der Waals surface area contributed by atoms with Crippen molar-refractivity contribution >= 4 is 23.5 Å². The van der Waals surface area contributed by atoms with Crippen LogP contribution < -0.4 is 5.32 Å². The number of para-hydroxylation sites is 1. The first kappa shape index (κ1) is 15.8. The highest BCUT2D eigenvalue weighted by molar-refractivity contribution is 6.07. The first-order chi connectivity index (χ1) is 10.6. The zero-order valence-corrected chi connectivity index (χ0v) is 12.1. The van der Waals surface area contributed by atoms with Crippen molar-refractivity contribution in [3.63, 3.8) is 0 Å². The van der Waals surface area contributed by atoms with E-state index in [0.29, 0.717) is 11.3 Å². The SMILES string of the molecule is O=C(O)/C=C/C(=O)Nc1ccccc1C(=O)N1CCCCC1. The molecule has 1 aromatic rings. The summed E-state index contributed by atoms with van der Waals surface area (Å²) in [5.74, 6) is -1.90. The van der Waals surface area contributed by atoms with E-state index in [9.17, 15) is 14.4 Å². The molecule has 1 aromatic carbocycles. The van der Waals surface area contributed by atoms with Gasteiger partial charge in [0, 0.05) is 25.2 Å². The summed E-state index contributed by atoms with van der Waals surface area (Å²) in [5.41, 5.74) is 0.805. The van der Waals surface area contributed by atoms with Gasteiger partial charge in [-0.2, -0.15) is 0 Å². The molecule has 6 heteroatoms. The Labute approximate surface area is 128 Å². The molecule has 1 heterocycles. The zero-order chi connectivity index (χ0) is 15.9. The largest absolute Gasteiger partial charge is 0.478 e. The van der Waals surface area contributed by atoms with E-state index in [2.05, 4.69) is 5.32 Å². The Kier molecular flexibility index (Phi) is 5.30. The van der Waals surface area contributed by atoms with Crippen molar-refractivity contribution < 1.29 is 19.5 Å². The van der Waals surface area contributed by atoms with Crippen LogP contribution in [0.25, 0.3) is 0 Å². The van der Waals surface area contributed by atoms with Gasteiger partial charge in [-0.25, -0.2) is 4.79 Å². The summed E-state index contributed by atoms with van der Waals surface area (Å²) >= 11 is 0. The molecule has 1 saturated heterocycles. The molecule has 2 N–H and O–H groups in total. The molecule has 2 amide bonds. The average Bonchev–Trinajstić information content (AvgIpc) is 2.53. The van der Waals surface area contributed by atoms with Gasteiger partial charge in [-0.3, -0.25) is 9.59 Å². The van der Waals surface area contributed by atoms with Crippen molar-refractivity contribution in [3.05, 3.63) is 42.0 Å². The fourth-order valence-electron chi connectivity index (χ4n) is 2.37. The third-order valence-corrected chi connectivity index (χ3v) is 3.44. The van der Waals surface area contributed by atoms with E-state index in [4.69, 9.17) is 5.11 Å². The quantitative estimate of drug-likeness (QED) is 0.832. The van der Waals surface area contributed by atoms with Crippen LogP contribution in [0.5, 0.6) is 0 Å². The van der Waals surface area contributed by atoms with Gasteiger partial charge in [-0.15, -0.1) is 0 Å². The molecule has 1 fully saturated rings. The van der Waals surface area contributed by atoms with Gasteiger partial charge >= 0.3 is 5.97 Å². The van der Waals surface area contributed by atoms with E-state index in [-0.39, 0.29) is 5.91 Å². The number of likely N-dealkylation sites (tertiary alicyclic amines) is 1. The zero-order valence-electron chi connectivity index (χ0n) is 12.1. The number of aliphatic carboxylic acids is 1. The van der Waals surface area contributed by atoms with Gasteiger partial charge in [-0.1, -0.05) is 12.1 Å². The van der Waals surface area contributed by atoms with Crippen LogP contribution in [0, 0.1) is 0 Å². The van der Waals surface area contributed by atoms with E-state index in [1.165, 1.54) is 0 Å². The van der Waals surface area contributed by atoms with Crippen molar-refractivity contribution in [2.45, 2.75) is 19.3 Å². The maximum absolute atomic E-state index is 12.5. The molecule has 6 nitrogen and oxygen atoms in total. The number of rotatable bonds is 4. The first-order valence-electron chi connectivity index (χ1n) is 7.18. The third kappa shape index (κ3) is 4.18. The van der Waals surface area contributed by atoms with Crippen LogP contribution in [-0.4, -0.2) is 40.9 Å². The monoisotopic (exact) mass is 302 g/mol. The van der Waals surface area contributed by atoms with Crippen LogP contribution in [-0.2, 0) is 9.59 Å². The summed E-state index contributed by atoms with van der Waals surface area (Å²) in [6.07, 6.45) is 4.78. The minimum atomic E-state index is -1.20. The average molecular weight is 302 g/mol. The third-order valence-electron chi connectivity index (χ3n) is 3.44. The number of hydrogen-bond donors (Lipinski definition) is 2. The van der Waals surface area contributed by atoms with Crippen molar-refractivity contribution in [2.24, 2.45) is 0 Å². The van der Waals surface area contributed by atoms with Gasteiger partial charge in [-0.05, 0) is 31.4 Å². The molecular formula is C16H18N2O4. The highest BCUT2D eigenvalue weighted by Gasteiger charge is 2.20.